The number of hydrogen-bond donors (Lipinski definition) is 3. The molecule has 1 unspecified atom stereocenters. The van der Waals surface area contributed by atoms with Crippen LogP contribution in [-0.4, -0.2) is 49.6 Å². The summed E-state index contributed by atoms with van der Waals surface area (Å²) in [6.07, 6.45) is 1.52. The van der Waals surface area contributed by atoms with E-state index in [0.717, 1.165) is 16.9 Å². The van der Waals surface area contributed by atoms with Gasteiger partial charge in [0.15, 0.2) is 6.67 Å². The molecule has 0 aromatic heterocycles. The number of nitrogens with zero attached hydrogens (tertiary/aromatic N) is 1. The van der Waals surface area contributed by atoms with E-state index in [4.69, 9.17) is 0 Å². The van der Waals surface area contributed by atoms with Gasteiger partial charge in [-0.3, -0.25) is 9.59 Å². The smallest absolute Gasteiger partial charge is 0.329 e. The maximum absolute atomic E-state index is 12.2. The second kappa shape index (κ2) is 7.92. The Morgan fingerprint density at radius 3 is 2.54 bits per heavy atom. The van der Waals surface area contributed by atoms with Gasteiger partial charge in [-0.2, -0.15) is 0 Å². The SMILES string of the molecule is CCC[C@H]1NC(=O)N(C[NH+](C)Cc2ccc(C(=O)NC)cc2)C1=O. The van der Waals surface area contributed by atoms with Gasteiger partial charge in [0.2, 0.25) is 0 Å². The number of quaternary nitrogens is 1. The first kappa shape index (κ1) is 17.9. The van der Waals surface area contributed by atoms with Crippen molar-refractivity contribution in [2.75, 3.05) is 20.8 Å². The van der Waals surface area contributed by atoms with Crippen molar-refractivity contribution < 1.29 is 19.3 Å². The number of urea groups is 1. The van der Waals surface area contributed by atoms with Crippen molar-refractivity contribution in [1.29, 1.82) is 0 Å². The normalized spacial score (nSPS) is 18.5. The highest BCUT2D eigenvalue weighted by Gasteiger charge is 2.38. The zero-order chi connectivity index (χ0) is 17.7. The van der Waals surface area contributed by atoms with E-state index in [-0.39, 0.29) is 23.9 Å². The van der Waals surface area contributed by atoms with Crippen LogP contribution in [0.1, 0.15) is 35.7 Å². The lowest BCUT2D eigenvalue weighted by Crippen LogP contribution is -3.09. The molecule has 0 radical (unpaired) electrons. The van der Waals surface area contributed by atoms with Crippen molar-refractivity contribution in [1.82, 2.24) is 15.5 Å². The summed E-state index contributed by atoms with van der Waals surface area (Å²) < 4.78 is 0. The third-order valence-corrected chi connectivity index (χ3v) is 4.06. The molecule has 7 heteroatoms. The second-order valence-corrected chi connectivity index (χ2v) is 6.13. The number of rotatable bonds is 7. The maximum atomic E-state index is 12.2. The van der Waals surface area contributed by atoms with Crippen LogP contribution in [0.25, 0.3) is 0 Å². The third-order valence-electron chi connectivity index (χ3n) is 4.06. The molecule has 2 atom stereocenters. The molecule has 7 nitrogen and oxygen atoms in total. The molecule has 1 aliphatic rings. The average Bonchev–Trinajstić information content (AvgIpc) is 2.83. The number of benzene rings is 1. The predicted octanol–water partition coefficient (Wildman–Crippen LogP) is -0.261. The molecular weight excluding hydrogens is 308 g/mol. The van der Waals surface area contributed by atoms with E-state index in [2.05, 4.69) is 10.6 Å². The van der Waals surface area contributed by atoms with E-state index in [1.54, 1.807) is 19.2 Å². The molecule has 4 amide bonds. The molecule has 1 aromatic rings. The first-order chi connectivity index (χ1) is 11.5. The molecule has 24 heavy (non-hydrogen) atoms. The standard InChI is InChI=1S/C17H24N4O3/c1-4-5-14-16(23)21(17(24)19-14)11-20(3)10-12-6-8-13(9-7-12)15(22)18-2/h6-9,14H,4-5,10-11H2,1-3H3,(H,18,22)(H,19,24)/p+1/t14-/m1/s1. The highest BCUT2D eigenvalue weighted by Crippen LogP contribution is 2.09. The molecule has 1 fully saturated rings. The Labute approximate surface area is 142 Å². The number of amides is 4. The fourth-order valence-electron chi connectivity index (χ4n) is 2.80. The van der Waals surface area contributed by atoms with E-state index in [1.807, 2.05) is 26.1 Å². The maximum Gasteiger partial charge on any atom is 0.329 e. The van der Waals surface area contributed by atoms with Gasteiger partial charge in [-0.1, -0.05) is 25.5 Å². The van der Waals surface area contributed by atoms with Gasteiger partial charge < -0.3 is 15.5 Å². The van der Waals surface area contributed by atoms with Gasteiger partial charge in [0.25, 0.3) is 11.8 Å². The fourth-order valence-corrected chi connectivity index (χ4v) is 2.80. The van der Waals surface area contributed by atoms with Crippen LogP contribution >= 0.6 is 0 Å². The van der Waals surface area contributed by atoms with Gasteiger partial charge in [0.1, 0.15) is 12.6 Å². The average molecular weight is 333 g/mol. The zero-order valence-corrected chi connectivity index (χ0v) is 14.4. The van der Waals surface area contributed by atoms with Gasteiger partial charge in [-0.15, -0.1) is 0 Å². The van der Waals surface area contributed by atoms with Crippen LogP contribution in [0.15, 0.2) is 24.3 Å². The summed E-state index contributed by atoms with van der Waals surface area (Å²) in [4.78, 5) is 38.0. The van der Waals surface area contributed by atoms with E-state index in [0.29, 0.717) is 25.2 Å². The van der Waals surface area contributed by atoms with Crippen molar-refractivity contribution in [2.45, 2.75) is 32.4 Å². The van der Waals surface area contributed by atoms with Gasteiger partial charge in [0, 0.05) is 18.2 Å². The Bertz CT molecular complexity index is 615. The van der Waals surface area contributed by atoms with Crippen LogP contribution in [0.4, 0.5) is 4.79 Å². The first-order valence-corrected chi connectivity index (χ1v) is 8.20. The monoisotopic (exact) mass is 333 g/mol. The lowest BCUT2D eigenvalue weighted by atomic mass is 10.1. The topological polar surface area (TPSA) is 82.9 Å². The molecule has 0 aliphatic carbocycles. The van der Waals surface area contributed by atoms with Gasteiger partial charge in [-0.05, 0) is 18.6 Å². The van der Waals surface area contributed by atoms with E-state index in [1.165, 1.54) is 4.90 Å². The van der Waals surface area contributed by atoms with Crippen LogP contribution in [0.2, 0.25) is 0 Å². The first-order valence-electron chi connectivity index (χ1n) is 8.20. The Hall–Kier alpha value is -2.41. The summed E-state index contributed by atoms with van der Waals surface area (Å²) >= 11 is 0. The van der Waals surface area contributed by atoms with Crippen LogP contribution < -0.4 is 15.5 Å². The molecule has 1 aromatic carbocycles. The molecule has 1 aliphatic heterocycles. The van der Waals surface area contributed by atoms with Gasteiger partial charge in [-0.25, -0.2) is 9.69 Å². The highest BCUT2D eigenvalue weighted by atomic mass is 16.2. The van der Waals surface area contributed by atoms with Gasteiger partial charge >= 0.3 is 6.03 Å². The quantitative estimate of drug-likeness (QED) is 0.601. The van der Waals surface area contributed by atoms with Crippen LogP contribution in [-0.2, 0) is 11.3 Å². The number of carbonyl (C=O) groups excluding carboxylic acids is 3. The summed E-state index contributed by atoms with van der Waals surface area (Å²) in [7, 11) is 3.53. The summed E-state index contributed by atoms with van der Waals surface area (Å²) in [5.74, 6) is -0.264. The third kappa shape index (κ3) is 4.11. The van der Waals surface area contributed by atoms with E-state index >= 15 is 0 Å². The summed E-state index contributed by atoms with van der Waals surface area (Å²) in [6.45, 7) is 2.97. The number of hydrogen-bond acceptors (Lipinski definition) is 3. The summed E-state index contributed by atoms with van der Waals surface area (Å²) in [6, 6.07) is 6.62. The fraction of sp³-hybridized carbons (Fsp3) is 0.471. The summed E-state index contributed by atoms with van der Waals surface area (Å²) in [5, 5.41) is 5.31. The van der Waals surface area contributed by atoms with Crippen molar-refractivity contribution in [2.24, 2.45) is 0 Å². The lowest BCUT2D eigenvalue weighted by molar-refractivity contribution is -0.901. The van der Waals surface area contributed by atoms with Crippen molar-refractivity contribution >= 4 is 17.8 Å². The minimum absolute atomic E-state index is 0.122. The van der Waals surface area contributed by atoms with Crippen LogP contribution in [0, 0.1) is 0 Å². The minimum Gasteiger partial charge on any atom is -0.355 e. The van der Waals surface area contributed by atoms with Crippen molar-refractivity contribution in [3.05, 3.63) is 35.4 Å². The molecule has 0 spiro atoms. The summed E-state index contributed by atoms with van der Waals surface area (Å²) in [5.41, 5.74) is 1.65. The Kier molecular flexibility index (Phi) is 5.92. The number of nitrogens with one attached hydrogen (secondary N) is 3. The lowest BCUT2D eigenvalue weighted by Gasteiger charge is -2.19. The molecule has 1 saturated heterocycles. The number of carbonyl (C=O) groups is 3. The molecule has 1 heterocycles. The molecule has 0 bridgehead atoms. The second-order valence-electron chi connectivity index (χ2n) is 6.13. The zero-order valence-electron chi connectivity index (χ0n) is 14.4. The van der Waals surface area contributed by atoms with Crippen molar-refractivity contribution in [3.8, 4) is 0 Å². The van der Waals surface area contributed by atoms with Crippen molar-refractivity contribution in [3.63, 3.8) is 0 Å². The molecule has 0 saturated carbocycles. The number of imide groups is 1. The molecular formula is C17H25N4O3+. The van der Waals surface area contributed by atoms with Gasteiger partial charge in [0.05, 0.1) is 7.05 Å². The minimum atomic E-state index is -0.387. The van der Waals surface area contributed by atoms with Crippen LogP contribution in [0.5, 0.6) is 0 Å². The van der Waals surface area contributed by atoms with Crippen LogP contribution in [0.3, 0.4) is 0 Å². The Morgan fingerprint density at radius 1 is 1.29 bits per heavy atom. The highest BCUT2D eigenvalue weighted by molar-refractivity contribution is 6.04. The largest absolute Gasteiger partial charge is 0.355 e. The molecule has 3 N–H and O–H groups in total. The molecule has 130 valence electrons. The Morgan fingerprint density at radius 2 is 1.96 bits per heavy atom. The Balaban J connectivity index is 1.93. The molecule has 2 rings (SSSR count). The van der Waals surface area contributed by atoms with E-state index < -0.39 is 0 Å². The predicted molar refractivity (Wildman–Crippen MR) is 89.4 cm³/mol. The van der Waals surface area contributed by atoms with E-state index in [9.17, 15) is 14.4 Å².